The van der Waals surface area contributed by atoms with Crippen molar-refractivity contribution in [3.63, 3.8) is 0 Å². The molecule has 5 heteroatoms. The van der Waals surface area contributed by atoms with Gasteiger partial charge in [-0.2, -0.15) is 0 Å². The fourth-order valence-corrected chi connectivity index (χ4v) is 2.51. The molecule has 0 aliphatic heterocycles. The summed E-state index contributed by atoms with van der Waals surface area (Å²) in [6.07, 6.45) is 2.48. The van der Waals surface area contributed by atoms with Gasteiger partial charge in [0.1, 0.15) is 5.65 Å². The Balaban J connectivity index is 2.29. The molecule has 0 spiro atoms. The third kappa shape index (κ3) is 1.55. The number of aryl methyl sites for hydroxylation is 1. The summed E-state index contributed by atoms with van der Waals surface area (Å²) < 4.78 is 0. The predicted molar refractivity (Wildman–Crippen MR) is 67.3 cm³/mol. The molecule has 17 heavy (non-hydrogen) atoms. The van der Waals surface area contributed by atoms with Crippen LogP contribution in [0.4, 0.5) is 0 Å². The maximum absolute atomic E-state index is 10.9. The molecule has 0 amide bonds. The molecule has 3 aromatic rings. The summed E-state index contributed by atoms with van der Waals surface area (Å²) in [5, 5.41) is 2.80. The van der Waals surface area contributed by atoms with Crippen molar-refractivity contribution < 1.29 is 4.79 Å². The zero-order chi connectivity index (χ0) is 11.8. The lowest BCUT2D eigenvalue weighted by Crippen LogP contribution is -1.92. The van der Waals surface area contributed by atoms with Crippen LogP contribution in [0.25, 0.3) is 21.7 Å². The minimum atomic E-state index is 0.607. The first-order valence-corrected chi connectivity index (χ1v) is 6.02. The van der Waals surface area contributed by atoms with Crippen LogP contribution in [0, 0.1) is 6.92 Å². The van der Waals surface area contributed by atoms with E-state index in [1.165, 1.54) is 0 Å². The Labute approximate surface area is 101 Å². The first kappa shape index (κ1) is 10.2. The summed E-state index contributed by atoms with van der Waals surface area (Å²) >= 11 is 1.60. The van der Waals surface area contributed by atoms with Crippen LogP contribution in [0.3, 0.4) is 0 Å². The van der Waals surface area contributed by atoms with Crippen LogP contribution in [-0.4, -0.2) is 21.2 Å². The van der Waals surface area contributed by atoms with E-state index in [1.54, 1.807) is 17.5 Å². The van der Waals surface area contributed by atoms with E-state index in [0.29, 0.717) is 17.0 Å². The summed E-state index contributed by atoms with van der Waals surface area (Å²) in [5.74, 6) is 0.698. The van der Waals surface area contributed by atoms with Crippen LogP contribution in [0.15, 0.2) is 23.7 Å². The molecule has 3 heterocycles. The molecule has 3 aromatic heterocycles. The number of fused-ring (bicyclic) bond motifs is 1. The maximum atomic E-state index is 10.9. The van der Waals surface area contributed by atoms with Crippen LogP contribution in [0.1, 0.15) is 16.1 Å². The van der Waals surface area contributed by atoms with Gasteiger partial charge in [0.25, 0.3) is 0 Å². The summed E-state index contributed by atoms with van der Waals surface area (Å²) in [6.45, 7) is 1.89. The molecule has 4 nitrogen and oxygen atoms in total. The topological polar surface area (TPSA) is 58.6 Å². The van der Waals surface area contributed by atoms with Gasteiger partial charge >= 0.3 is 0 Å². The molecule has 0 bridgehead atoms. The molecule has 0 unspecified atom stereocenters. The minimum absolute atomic E-state index is 0.607. The second kappa shape index (κ2) is 3.78. The van der Waals surface area contributed by atoms with E-state index in [2.05, 4.69) is 15.0 Å². The van der Waals surface area contributed by atoms with Gasteiger partial charge < -0.3 is 4.98 Å². The lowest BCUT2D eigenvalue weighted by Gasteiger charge is -2.00. The van der Waals surface area contributed by atoms with E-state index in [4.69, 9.17) is 0 Å². The number of nitrogens with zero attached hydrogens (tertiary/aromatic N) is 2. The van der Waals surface area contributed by atoms with Crippen molar-refractivity contribution in [1.29, 1.82) is 0 Å². The van der Waals surface area contributed by atoms with Crippen molar-refractivity contribution in [1.82, 2.24) is 15.0 Å². The Morgan fingerprint density at radius 2 is 2.29 bits per heavy atom. The van der Waals surface area contributed by atoms with Gasteiger partial charge in [-0.05, 0) is 18.4 Å². The molecule has 0 aromatic carbocycles. The molecule has 1 N–H and O–H groups in total. The predicted octanol–water partition coefficient (Wildman–Crippen LogP) is 2.81. The summed E-state index contributed by atoms with van der Waals surface area (Å²) in [6, 6.07) is 3.95. The summed E-state index contributed by atoms with van der Waals surface area (Å²) in [5.41, 5.74) is 2.14. The second-order valence-electron chi connectivity index (χ2n) is 3.70. The van der Waals surface area contributed by atoms with Gasteiger partial charge in [-0.25, -0.2) is 9.97 Å². The van der Waals surface area contributed by atoms with Gasteiger partial charge in [-0.3, -0.25) is 4.79 Å². The van der Waals surface area contributed by atoms with E-state index in [1.807, 2.05) is 24.4 Å². The van der Waals surface area contributed by atoms with E-state index < -0.39 is 0 Å². The van der Waals surface area contributed by atoms with Gasteiger partial charge in [0.05, 0.1) is 16.0 Å². The average molecular weight is 243 g/mol. The van der Waals surface area contributed by atoms with E-state index in [9.17, 15) is 4.79 Å². The summed E-state index contributed by atoms with van der Waals surface area (Å²) in [4.78, 5) is 23.8. The number of rotatable bonds is 2. The first-order chi connectivity index (χ1) is 8.29. The van der Waals surface area contributed by atoms with Crippen LogP contribution in [0.2, 0.25) is 0 Å². The lowest BCUT2D eigenvalue weighted by molar-refractivity contribution is 0.112. The Morgan fingerprint density at radius 1 is 1.41 bits per heavy atom. The van der Waals surface area contributed by atoms with Gasteiger partial charge in [0.15, 0.2) is 12.1 Å². The highest BCUT2D eigenvalue weighted by atomic mass is 32.1. The monoisotopic (exact) mass is 243 g/mol. The van der Waals surface area contributed by atoms with Gasteiger partial charge in [0.2, 0.25) is 0 Å². The van der Waals surface area contributed by atoms with Crippen LogP contribution in [-0.2, 0) is 0 Å². The molecule has 0 fully saturated rings. The van der Waals surface area contributed by atoms with Gasteiger partial charge in [-0.15, -0.1) is 11.3 Å². The number of aldehydes is 1. The standard InChI is InChI=1S/C12H9N3OS/c1-7-10-8(6-16)5-13-12(10)15-11(14-7)9-3-2-4-17-9/h2-6H,1H3,(H,13,14,15). The fourth-order valence-electron chi connectivity index (χ4n) is 1.85. The number of carbonyl (C=O) groups is 1. The number of aromatic amines is 1. The van der Waals surface area contributed by atoms with Crippen molar-refractivity contribution in [2.24, 2.45) is 0 Å². The fraction of sp³-hybridized carbons (Fsp3) is 0.0833. The van der Waals surface area contributed by atoms with Crippen LogP contribution < -0.4 is 0 Å². The third-order valence-corrected chi connectivity index (χ3v) is 3.48. The third-order valence-electron chi connectivity index (χ3n) is 2.61. The molecule has 0 atom stereocenters. The van der Waals surface area contributed by atoms with Crippen molar-refractivity contribution in [3.8, 4) is 10.7 Å². The van der Waals surface area contributed by atoms with Crippen molar-refractivity contribution >= 4 is 28.7 Å². The summed E-state index contributed by atoms with van der Waals surface area (Å²) in [7, 11) is 0. The molecular weight excluding hydrogens is 234 g/mol. The van der Waals surface area contributed by atoms with Crippen molar-refractivity contribution in [2.45, 2.75) is 6.92 Å². The van der Waals surface area contributed by atoms with E-state index in [0.717, 1.165) is 22.2 Å². The number of hydrogen-bond acceptors (Lipinski definition) is 4. The molecule has 3 rings (SSSR count). The van der Waals surface area contributed by atoms with Crippen LogP contribution >= 0.6 is 11.3 Å². The number of nitrogens with one attached hydrogen (secondary N) is 1. The molecule has 84 valence electrons. The largest absolute Gasteiger partial charge is 0.345 e. The average Bonchev–Trinajstić information content (AvgIpc) is 2.97. The SMILES string of the molecule is Cc1nc(-c2cccs2)nc2[nH]cc(C=O)c12. The highest BCUT2D eigenvalue weighted by Crippen LogP contribution is 2.25. The highest BCUT2D eigenvalue weighted by Gasteiger charge is 2.11. The molecule has 0 aliphatic rings. The molecule has 0 saturated heterocycles. The Morgan fingerprint density at radius 3 is 3.00 bits per heavy atom. The molecular formula is C12H9N3OS. The number of carbonyl (C=O) groups excluding carboxylic acids is 1. The van der Waals surface area contributed by atoms with E-state index in [-0.39, 0.29) is 0 Å². The second-order valence-corrected chi connectivity index (χ2v) is 4.64. The molecule has 0 saturated carbocycles. The van der Waals surface area contributed by atoms with Gasteiger partial charge in [0, 0.05) is 11.8 Å². The van der Waals surface area contributed by atoms with Crippen LogP contribution in [0.5, 0.6) is 0 Å². The van der Waals surface area contributed by atoms with Gasteiger partial charge in [-0.1, -0.05) is 6.07 Å². The number of H-pyrrole nitrogens is 1. The molecule has 0 aliphatic carbocycles. The zero-order valence-corrected chi connectivity index (χ0v) is 9.91. The minimum Gasteiger partial charge on any atom is -0.345 e. The van der Waals surface area contributed by atoms with E-state index >= 15 is 0 Å². The number of thiophene rings is 1. The highest BCUT2D eigenvalue weighted by molar-refractivity contribution is 7.13. The lowest BCUT2D eigenvalue weighted by atomic mass is 10.2. The quantitative estimate of drug-likeness (QED) is 0.704. The smallest absolute Gasteiger partial charge is 0.171 e. The Bertz CT molecular complexity index is 685. The first-order valence-electron chi connectivity index (χ1n) is 5.14. The number of aromatic nitrogens is 3. The maximum Gasteiger partial charge on any atom is 0.171 e. The van der Waals surface area contributed by atoms with Crippen molar-refractivity contribution in [2.75, 3.05) is 0 Å². The zero-order valence-electron chi connectivity index (χ0n) is 9.10. The Hall–Kier alpha value is -2.01. The van der Waals surface area contributed by atoms with Crippen molar-refractivity contribution in [3.05, 3.63) is 35.0 Å². The Kier molecular flexibility index (Phi) is 2.26. The normalized spacial score (nSPS) is 10.9. The molecule has 0 radical (unpaired) electrons. The number of hydrogen-bond donors (Lipinski definition) is 1.